The van der Waals surface area contributed by atoms with Gasteiger partial charge in [-0.15, -0.1) is 0 Å². The molecule has 0 spiro atoms. The van der Waals surface area contributed by atoms with Gasteiger partial charge >= 0.3 is 0 Å². The van der Waals surface area contributed by atoms with Crippen LogP contribution >= 0.6 is 0 Å². The lowest BCUT2D eigenvalue weighted by Gasteiger charge is -2.22. The minimum atomic E-state index is 0.500. The number of hydrogen-bond donors (Lipinski definition) is 0. The summed E-state index contributed by atoms with van der Waals surface area (Å²) >= 11 is 0. The lowest BCUT2D eigenvalue weighted by Crippen LogP contribution is -2.08. The first-order chi connectivity index (χ1) is 5.35. The predicted molar refractivity (Wildman–Crippen MR) is 50.3 cm³/mol. The summed E-state index contributed by atoms with van der Waals surface area (Å²) in [5.74, 6) is 1.12. The molecule has 0 radical (unpaired) electrons. The highest BCUT2D eigenvalue weighted by Crippen LogP contribution is 2.28. The fourth-order valence-corrected chi connectivity index (χ4v) is 0.901. The van der Waals surface area contributed by atoms with E-state index in [-0.39, 0.29) is 0 Å². The molecular weight excluding hydrogens is 120 g/mol. The zero-order chi connectivity index (χ0) is 9.11. The molecule has 0 saturated heterocycles. The molecule has 0 aliphatic heterocycles. The maximum atomic E-state index is 6.21. The van der Waals surface area contributed by atoms with Crippen molar-refractivity contribution in [2.45, 2.75) is 60.3 Å². The van der Waals surface area contributed by atoms with Crippen LogP contribution in [0.5, 0.6) is 0 Å². The second kappa shape index (κ2) is 11.8. The maximum absolute atomic E-state index is 6.21. The van der Waals surface area contributed by atoms with Gasteiger partial charge in [0, 0.05) is 1.37 Å². The molecule has 1 fully saturated rings. The molecule has 0 aromatic carbocycles. The standard InChI is InChI=1S/C6H12.2C2H6/c1-2-6-4-3-5-6;2*1-2/h6H,2-5H2,1H3;2*1-2H3/i;1D;. The SMILES string of the molecule is CC.CCC1CCC1.[2H]CC. The van der Waals surface area contributed by atoms with Crippen LogP contribution in [0.2, 0.25) is 0 Å². The van der Waals surface area contributed by atoms with Crippen LogP contribution < -0.4 is 0 Å². The Morgan fingerprint density at radius 1 is 1.30 bits per heavy atom. The van der Waals surface area contributed by atoms with Crippen molar-refractivity contribution in [1.82, 2.24) is 0 Å². The van der Waals surface area contributed by atoms with E-state index >= 15 is 0 Å². The summed E-state index contributed by atoms with van der Waals surface area (Å²) in [6.45, 7) is 8.57. The first kappa shape index (κ1) is 10.0. The highest BCUT2D eigenvalue weighted by molar-refractivity contribution is 4.66. The van der Waals surface area contributed by atoms with Gasteiger partial charge in [0.25, 0.3) is 0 Å². The molecule has 0 atom stereocenters. The minimum Gasteiger partial charge on any atom is -0.0683 e. The topological polar surface area (TPSA) is 0 Å². The summed E-state index contributed by atoms with van der Waals surface area (Å²) in [5.41, 5.74) is 0. The molecule has 0 amide bonds. The van der Waals surface area contributed by atoms with Gasteiger partial charge in [0.05, 0.1) is 0 Å². The van der Waals surface area contributed by atoms with Gasteiger partial charge in [0.15, 0.2) is 0 Å². The van der Waals surface area contributed by atoms with E-state index in [1.54, 1.807) is 6.92 Å². The van der Waals surface area contributed by atoms with Crippen molar-refractivity contribution < 1.29 is 1.37 Å². The molecule has 0 N–H and O–H groups in total. The van der Waals surface area contributed by atoms with Crippen molar-refractivity contribution in [2.24, 2.45) is 5.92 Å². The lowest BCUT2D eigenvalue weighted by molar-refractivity contribution is 0.307. The Balaban J connectivity index is 0. The molecular formula is C10H24. The normalized spacial score (nSPS) is 16.6. The van der Waals surface area contributed by atoms with Gasteiger partial charge in [0.1, 0.15) is 0 Å². The highest BCUT2D eigenvalue weighted by Gasteiger charge is 2.13. The fraction of sp³-hybridized carbons (Fsp3) is 1.00. The van der Waals surface area contributed by atoms with E-state index in [9.17, 15) is 0 Å². The van der Waals surface area contributed by atoms with Crippen LogP contribution in [0.25, 0.3) is 0 Å². The minimum absolute atomic E-state index is 0.500. The molecule has 0 heteroatoms. The van der Waals surface area contributed by atoms with E-state index in [4.69, 9.17) is 1.37 Å². The lowest BCUT2D eigenvalue weighted by atomic mass is 9.84. The van der Waals surface area contributed by atoms with E-state index in [2.05, 4.69) is 6.92 Å². The third-order valence-electron chi connectivity index (χ3n) is 1.80. The van der Waals surface area contributed by atoms with Crippen LogP contribution in [-0.2, 0) is 0 Å². The van der Waals surface area contributed by atoms with Crippen LogP contribution in [0.1, 0.15) is 61.6 Å². The Hall–Kier alpha value is 0. The Labute approximate surface area is 68.4 Å². The van der Waals surface area contributed by atoms with Crippen LogP contribution in [-0.4, -0.2) is 0 Å². The van der Waals surface area contributed by atoms with Crippen LogP contribution in [0.3, 0.4) is 0 Å². The van der Waals surface area contributed by atoms with Crippen LogP contribution in [0.15, 0.2) is 0 Å². The van der Waals surface area contributed by atoms with Crippen molar-refractivity contribution >= 4 is 0 Å². The van der Waals surface area contributed by atoms with Gasteiger partial charge in [-0.25, -0.2) is 0 Å². The zero-order valence-corrected chi connectivity index (χ0v) is 8.11. The smallest absolute Gasteiger partial charge is 0.0228 e. The van der Waals surface area contributed by atoms with Crippen LogP contribution in [0.4, 0.5) is 0 Å². The Morgan fingerprint density at radius 3 is 1.70 bits per heavy atom. The van der Waals surface area contributed by atoms with E-state index in [0.717, 1.165) is 5.92 Å². The van der Waals surface area contributed by atoms with E-state index in [1.807, 2.05) is 13.8 Å². The summed E-state index contributed by atoms with van der Waals surface area (Å²) in [6.07, 6.45) is 5.94. The molecule has 0 bridgehead atoms. The molecule has 0 unspecified atom stereocenters. The average Bonchev–Trinajstić information content (AvgIpc) is 1.91. The molecule has 1 aliphatic rings. The van der Waals surface area contributed by atoms with E-state index in [0.29, 0.717) is 6.90 Å². The first-order valence-electron chi connectivity index (χ1n) is 5.35. The molecule has 1 rings (SSSR count). The summed E-state index contributed by atoms with van der Waals surface area (Å²) in [5, 5.41) is 0. The molecule has 0 aromatic heterocycles. The summed E-state index contributed by atoms with van der Waals surface area (Å²) < 4.78 is 6.21. The highest BCUT2D eigenvalue weighted by atomic mass is 14.2. The van der Waals surface area contributed by atoms with Gasteiger partial charge in [-0.3, -0.25) is 0 Å². The third-order valence-corrected chi connectivity index (χ3v) is 1.80. The van der Waals surface area contributed by atoms with E-state index in [1.165, 1.54) is 25.7 Å². The van der Waals surface area contributed by atoms with Gasteiger partial charge in [-0.1, -0.05) is 60.3 Å². The largest absolute Gasteiger partial charge is 0.0683 e. The molecule has 0 heterocycles. The van der Waals surface area contributed by atoms with Crippen molar-refractivity contribution in [3.05, 3.63) is 0 Å². The summed E-state index contributed by atoms with van der Waals surface area (Å²) in [7, 11) is 0. The van der Waals surface area contributed by atoms with E-state index < -0.39 is 0 Å². The number of rotatable bonds is 1. The second-order valence-corrected chi connectivity index (χ2v) is 2.21. The Morgan fingerprint density at radius 2 is 1.70 bits per heavy atom. The summed E-state index contributed by atoms with van der Waals surface area (Å²) in [6, 6.07) is 0. The Kier molecular flexibility index (Phi) is 11.8. The van der Waals surface area contributed by atoms with Gasteiger partial charge in [0.2, 0.25) is 0 Å². The average molecular weight is 145 g/mol. The van der Waals surface area contributed by atoms with Gasteiger partial charge in [-0.05, 0) is 5.92 Å². The van der Waals surface area contributed by atoms with Crippen molar-refractivity contribution in [2.75, 3.05) is 0 Å². The van der Waals surface area contributed by atoms with Crippen LogP contribution in [0, 0.1) is 5.92 Å². The Bertz CT molecular complexity index is 46.1. The summed E-state index contributed by atoms with van der Waals surface area (Å²) in [4.78, 5) is 0. The van der Waals surface area contributed by atoms with Gasteiger partial charge < -0.3 is 0 Å². The molecule has 1 saturated carbocycles. The monoisotopic (exact) mass is 145 g/mol. The van der Waals surface area contributed by atoms with Crippen molar-refractivity contribution in [3.63, 3.8) is 0 Å². The maximum Gasteiger partial charge on any atom is 0.0228 e. The molecule has 64 valence electrons. The number of hydrogen-bond acceptors (Lipinski definition) is 0. The second-order valence-electron chi connectivity index (χ2n) is 2.21. The quantitative estimate of drug-likeness (QED) is 0.517. The molecule has 0 nitrogen and oxygen atoms in total. The molecule has 10 heavy (non-hydrogen) atoms. The van der Waals surface area contributed by atoms with Crippen molar-refractivity contribution in [3.8, 4) is 0 Å². The first-order valence-corrected chi connectivity index (χ1v) is 4.64. The van der Waals surface area contributed by atoms with Crippen molar-refractivity contribution in [1.29, 1.82) is 0 Å². The predicted octanol–water partition coefficient (Wildman–Crippen LogP) is 4.25. The fourth-order valence-electron chi connectivity index (χ4n) is 0.901. The molecule has 1 aliphatic carbocycles. The third kappa shape index (κ3) is 6.12. The van der Waals surface area contributed by atoms with Gasteiger partial charge in [-0.2, -0.15) is 0 Å². The molecule has 0 aromatic rings. The zero-order valence-electron chi connectivity index (χ0n) is 9.11.